The number of nitrogens with one attached hydrogen (secondary N) is 1. The number of hydrogen-bond acceptors (Lipinski definition) is 8. The molecule has 11 heteroatoms. The van der Waals surface area contributed by atoms with Crippen molar-refractivity contribution in [1.29, 1.82) is 0 Å². The SMILES string of the molecule is CCn1c(SCC(=O)Nc2scc(-c3ccc(F)cc3)c2C(=O)OC)nnc1C(C)Oc1cccc(C)c1C. The summed E-state index contributed by atoms with van der Waals surface area (Å²) in [4.78, 5) is 25.4. The van der Waals surface area contributed by atoms with Crippen LogP contribution < -0.4 is 10.1 Å². The van der Waals surface area contributed by atoms with E-state index in [1.54, 1.807) is 17.5 Å². The molecule has 0 radical (unpaired) electrons. The maximum absolute atomic E-state index is 13.4. The normalized spacial score (nSPS) is 11.7. The van der Waals surface area contributed by atoms with Gasteiger partial charge >= 0.3 is 5.97 Å². The van der Waals surface area contributed by atoms with E-state index in [0.29, 0.717) is 33.7 Å². The largest absolute Gasteiger partial charge is 0.482 e. The Labute approximate surface area is 234 Å². The predicted octanol–water partition coefficient (Wildman–Crippen LogP) is 6.44. The molecule has 2 aromatic carbocycles. The molecule has 0 aliphatic heterocycles. The molecular formula is C28H29FN4O4S2. The van der Waals surface area contributed by atoms with Crippen LogP contribution in [0.4, 0.5) is 9.39 Å². The summed E-state index contributed by atoms with van der Waals surface area (Å²) in [6.07, 6.45) is -0.347. The number of esters is 1. The van der Waals surface area contributed by atoms with Crippen LogP contribution in [0.5, 0.6) is 5.75 Å². The van der Waals surface area contributed by atoms with Crippen molar-refractivity contribution in [3.63, 3.8) is 0 Å². The number of ether oxygens (including phenoxy) is 2. The summed E-state index contributed by atoms with van der Waals surface area (Å²) < 4.78 is 26.4. The van der Waals surface area contributed by atoms with Crippen LogP contribution >= 0.6 is 23.1 Å². The van der Waals surface area contributed by atoms with Gasteiger partial charge in [-0.15, -0.1) is 21.5 Å². The van der Waals surface area contributed by atoms with Crippen LogP contribution in [0.2, 0.25) is 0 Å². The molecule has 1 amide bonds. The fourth-order valence-electron chi connectivity index (χ4n) is 3.99. The van der Waals surface area contributed by atoms with Gasteiger partial charge in [-0.3, -0.25) is 4.79 Å². The molecule has 2 heterocycles. The Kier molecular flexibility index (Phi) is 9.03. The summed E-state index contributed by atoms with van der Waals surface area (Å²) in [7, 11) is 1.27. The van der Waals surface area contributed by atoms with Gasteiger partial charge in [0.25, 0.3) is 0 Å². The number of methoxy groups -OCH3 is 1. The quantitative estimate of drug-likeness (QED) is 0.174. The number of aromatic nitrogens is 3. The zero-order valence-corrected chi connectivity index (χ0v) is 23.9. The summed E-state index contributed by atoms with van der Waals surface area (Å²) in [6, 6.07) is 11.7. The molecular weight excluding hydrogens is 539 g/mol. The third-order valence-corrected chi connectivity index (χ3v) is 8.07. The second-order valence-corrected chi connectivity index (χ2v) is 10.6. The number of benzene rings is 2. The first-order chi connectivity index (χ1) is 18.7. The highest BCUT2D eigenvalue weighted by Crippen LogP contribution is 2.36. The molecule has 1 atom stereocenters. The monoisotopic (exact) mass is 568 g/mol. The number of carbonyl (C=O) groups excluding carboxylic acids is 2. The summed E-state index contributed by atoms with van der Waals surface area (Å²) >= 11 is 2.44. The molecule has 1 N–H and O–H groups in total. The lowest BCUT2D eigenvalue weighted by Gasteiger charge is -2.17. The lowest BCUT2D eigenvalue weighted by atomic mass is 10.0. The fraction of sp³-hybridized carbons (Fsp3) is 0.286. The number of carbonyl (C=O) groups is 2. The van der Waals surface area contributed by atoms with Gasteiger partial charge in [-0.2, -0.15) is 0 Å². The molecule has 39 heavy (non-hydrogen) atoms. The minimum Gasteiger partial charge on any atom is -0.482 e. The smallest absolute Gasteiger partial charge is 0.341 e. The van der Waals surface area contributed by atoms with Crippen LogP contribution in [0.3, 0.4) is 0 Å². The van der Waals surface area contributed by atoms with Gasteiger partial charge in [0.15, 0.2) is 17.1 Å². The molecule has 0 bridgehead atoms. The Morgan fingerprint density at radius 2 is 1.90 bits per heavy atom. The van der Waals surface area contributed by atoms with Crippen molar-refractivity contribution in [2.75, 3.05) is 18.2 Å². The van der Waals surface area contributed by atoms with E-state index in [-0.39, 0.29) is 29.1 Å². The van der Waals surface area contributed by atoms with Gasteiger partial charge in [0.05, 0.1) is 12.9 Å². The van der Waals surface area contributed by atoms with Crippen LogP contribution in [0.25, 0.3) is 11.1 Å². The Balaban J connectivity index is 1.46. The maximum atomic E-state index is 13.4. The van der Waals surface area contributed by atoms with E-state index < -0.39 is 5.97 Å². The number of rotatable bonds is 10. The van der Waals surface area contributed by atoms with Crippen molar-refractivity contribution >= 4 is 40.0 Å². The lowest BCUT2D eigenvalue weighted by molar-refractivity contribution is -0.113. The van der Waals surface area contributed by atoms with Gasteiger partial charge in [-0.25, -0.2) is 9.18 Å². The molecule has 0 aliphatic carbocycles. The van der Waals surface area contributed by atoms with E-state index in [1.165, 1.54) is 42.3 Å². The molecule has 0 aliphatic rings. The number of anilines is 1. The Morgan fingerprint density at radius 3 is 2.59 bits per heavy atom. The minimum atomic E-state index is -0.591. The van der Waals surface area contributed by atoms with E-state index in [9.17, 15) is 14.0 Å². The summed E-state index contributed by atoms with van der Waals surface area (Å²) in [5.41, 5.74) is 3.64. The standard InChI is InChI=1S/C28H29FN4O4S2/c1-6-33-25(18(4)37-22-9-7-8-16(2)17(22)3)31-32-28(33)39-15-23(34)30-26-24(27(35)36-5)21(14-38-26)19-10-12-20(29)13-11-19/h7-14,18H,6,15H2,1-5H3,(H,30,34). The van der Waals surface area contributed by atoms with Crippen molar-refractivity contribution in [3.05, 3.63) is 76.2 Å². The van der Waals surface area contributed by atoms with Crippen LogP contribution in [-0.4, -0.2) is 39.5 Å². The van der Waals surface area contributed by atoms with Crippen LogP contribution in [0.1, 0.15) is 47.3 Å². The maximum Gasteiger partial charge on any atom is 0.341 e. The zero-order chi connectivity index (χ0) is 28.1. The van der Waals surface area contributed by atoms with Gasteiger partial charge in [0.1, 0.15) is 22.1 Å². The lowest BCUT2D eigenvalue weighted by Crippen LogP contribution is -2.17. The van der Waals surface area contributed by atoms with Gasteiger partial charge < -0.3 is 19.4 Å². The average Bonchev–Trinajstić information content (AvgIpc) is 3.54. The highest BCUT2D eigenvalue weighted by Gasteiger charge is 2.24. The number of nitrogens with zero attached hydrogens (tertiary/aromatic N) is 3. The highest BCUT2D eigenvalue weighted by atomic mass is 32.2. The molecule has 0 fully saturated rings. The molecule has 204 valence electrons. The van der Waals surface area contributed by atoms with Crippen LogP contribution in [-0.2, 0) is 16.1 Å². The van der Waals surface area contributed by atoms with E-state index in [2.05, 4.69) is 15.5 Å². The second kappa shape index (κ2) is 12.4. The number of thiophene rings is 1. The predicted molar refractivity (Wildman–Crippen MR) is 151 cm³/mol. The van der Waals surface area contributed by atoms with Gasteiger partial charge in [-0.1, -0.05) is 36.0 Å². The zero-order valence-electron chi connectivity index (χ0n) is 22.3. The first kappa shape index (κ1) is 28.3. The number of thioether (sulfide) groups is 1. The van der Waals surface area contributed by atoms with Gasteiger partial charge in [-0.05, 0) is 62.6 Å². The van der Waals surface area contributed by atoms with Gasteiger partial charge in [0, 0.05) is 17.5 Å². The average molecular weight is 569 g/mol. The van der Waals surface area contributed by atoms with E-state index in [4.69, 9.17) is 9.47 Å². The van der Waals surface area contributed by atoms with Crippen LogP contribution in [0, 0.1) is 19.7 Å². The third-order valence-electron chi connectivity index (χ3n) is 6.21. The molecule has 0 saturated carbocycles. The number of halogens is 1. The van der Waals surface area contributed by atoms with Crippen molar-refractivity contribution < 1.29 is 23.5 Å². The Hall–Kier alpha value is -3.70. The molecule has 4 aromatic rings. The van der Waals surface area contributed by atoms with E-state index >= 15 is 0 Å². The number of aryl methyl sites for hydroxylation is 1. The summed E-state index contributed by atoms with van der Waals surface area (Å²) in [6.45, 7) is 8.56. The van der Waals surface area contributed by atoms with Crippen LogP contribution in [0.15, 0.2) is 53.0 Å². The molecule has 1 unspecified atom stereocenters. The highest BCUT2D eigenvalue weighted by molar-refractivity contribution is 7.99. The summed E-state index contributed by atoms with van der Waals surface area (Å²) in [5, 5.41) is 14.1. The number of amides is 1. The number of hydrogen-bond donors (Lipinski definition) is 1. The van der Waals surface area contributed by atoms with E-state index in [1.807, 2.05) is 50.5 Å². The third kappa shape index (κ3) is 6.31. The van der Waals surface area contributed by atoms with Crippen molar-refractivity contribution in [1.82, 2.24) is 14.8 Å². The van der Waals surface area contributed by atoms with Crippen molar-refractivity contribution in [2.24, 2.45) is 0 Å². The fourth-order valence-corrected chi connectivity index (χ4v) is 5.77. The first-order valence-electron chi connectivity index (χ1n) is 12.3. The second-order valence-electron chi connectivity index (χ2n) is 8.73. The van der Waals surface area contributed by atoms with Crippen molar-refractivity contribution in [3.8, 4) is 16.9 Å². The topological polar surface area (TPSA) is 95.3 Å². The molecule has 2 aromatic heterocycles. The van der Waals surface area contributed by atoms with Gasteiger partial charge in [0.2, 0.25) is 5.91 Å². The molecule has 4 rings (SSSR count). The minimum absolute atomic E-state index is 0.0504. The first-order valence-corrected chi connectivity index (χ1v) is 14.1. The summed E-state index contributed by atoms with van der Waals surface area (Å²) in [5.74, 6) is 0.217. The molecule has 0 saturated heterocycles. The molecule has 8 nitrogen and oxygen atoms in total. The van der Waals surface area contributed by atoms with Crippen molar-refractivity contribution in [2.45, 2.75) is 45.5 Å². The molecule has 0 spiro atoms. The Bertz CT molecular complexity index is 1480. The van der Waals surface area contributed by atoms with E-state index in [0.717, 1.165) is 16.9 Å². The Morgan fingerprint density at radius 1 is 1.15 bits per heavy atom.